The second-order valence-corrected chi connectivity index (χ2v) is 6.66. The molecular formula is C17H24N4O2. The molecule has 1 fully saturated rings. The smallest absolute Gasteiger partial charge is 0.252 e. The molecule has 6 heteroatoms. The molecule has 3 rings (SSSR count). The highest BCUT2D eigenvalue weighted by Crippen LogP contribution is 2.23. The van der Waals surface area contributed by atoms with Crippen molar-refractivity contribution in [2.45, 2.75) is 64.6 Å². The lowest BCUT2D eigenvalue weighted by Gasteiger charge is -2.28. The molecule has 1 aliphatic rings. The number of hydrogen-bond donors (Lipinski definition) is 2. The minimum absolute atomic E-state index is 0.158. The van der Waals surface area contributed by atoms with Crippen molar-refractivity contribution < 1.29 is 9.90 Å². The first-order valence-corrected chi connectivity index (χ1v) is 8.31. The van der Waals surface area contributed by atoms with Crippen LogP contribution in [0.5, 0.6) is 0 Å². The molecule has 2 aromatic rings. The van der Waals surface area contributed by atoms with E-state index in [0.717, 1.165) is 42.4 Å². The van der Waals surface area contributed by atoms with Crippen molar-refractivity contribution in [3.05, 3.63) is 23.5 Å². The summed E-state index contributed by atoms with van der Waals surface area (Å²) in [5.74, 6) is -0.158. The molecule has 2 heterocycles. The second kappa shape index (κ2) is 6.28. The van der Waals surface area contributed by atoms with E-state index in [2.05, 4.69) is 15.4 Å². The number of pyridine rings is 1. The van der Waals surface area contributed by atoms with Crippen LogP contribution in [-0.4, -0.2) is 37.9 Å². The summed E-state index contributed by atoms with van der Waals surface area (Å²) in [5.41, 5.74) is 2.10. The first-order valence-electron chi connectivity index (χ1n) is 8.31. The molecule has 2 N–H and O–H groups in total. The summed E-state index contributed by atoms with van der Waals surface area (Å²) >= 11 is 0. The number of aliphatic hydroxyl groups excluding tert-OH is 1. The highest BCUT2D eigenvalue weighted by Gasteiger charge is 2.26. The molecular weight excluding hydrogens is 292 g/mol. The molecule has 1 aliphatic carbocycles. The monoisotopic (exact) mass is 316 g/mol. The van der Waals surface area contributed by atoms with Crippen LogP contribution in [0, 0.1) is 6.92 Å². The second-order valence-electron chi connectivity index (χ2n) is 6.66. The normalized spacial score (nSPS) is 21.8. The molecule has 0 bridgehead atoms. The highest BCUT2D eigenvalue weighted by molar-refractivity contribution is 6.05. The van der Waals surface area contributed by atoms with Crippen molar-refractivity contribution >= 4 is 16.9 Å². The van der Waals surface area contributed by atoms with Gasteiger partial charge in [-0.25, -0.2) is 9.67 Å². The van der Waals surface area contributed by atoms with Crippen molar-refractivity contribution in [2.75, 3.05) is 0 Å². The summed E-state index contributed by atoms with van der Waals surface area (Å²) in [6.07, 6.45) is 4.88. The number of aryl methyl sites for hydroxylation is 1. The molecule has 23 heavy (non-hydrogen) atoms. The van der Waals surface area contributed by atoms with Crippen LogP contribution in [0.15, 0.2) is 12.3 Å². The zero-order chi connectivity index (χ0) is 16.6. The van der Waals surface area contributed by atoms with E-state index < -0.39 is 6.10 Å². The van der Waals surface area contributed by atoms with Crippen molar-refractivity contribution in [3.63, 3.8) is 0 Å². The lowest BCUT2D eigenvalue weighted by molar-refractivity contribution is 0.0718. The minimum atomic E-state index is -0.454. The van der Waals surface area contributed by atoms with Gasteiger partial charge in [-0.15, -0.1) is 0 Å². The number of hydrogen-bond acceptors (Lipinski definition) is 4. The highest BCUT2D eigenvalue weighted by atomic mass is 16.3. The van der Waals surface area contributed by atoms with E-state index in [1.807, 2.05) is 25.5 Å². The maximum atomic E-state index is 12.7. The summed E-state index contributed by atoms with van der Waals surface area (Å²) in [6, 6.07) is 1.80. The maximum absolute atomic E-state index is 12.7. The summed E-state index contributed by atoms with van der Waals surface area (Å²) in [5, 5.41) is 18.2. The van der Waals surface area contributed by atoms with Crippen LogP contribution in [0.1, 0.15) is 61.6 Å². The maximum Gasteiger partial charge on any atom is 0.252 e. The van der Waals surface area contributed by atoms with E-state index in [4.69, 9.17) is 0 Å². The summed E-state index contributed by atoms with van der Waals surface area (Å²) < 4.78 is 1.83. The van der Waals surface area contributed by atoms with Crippen LogP contribution in [0.3, 0.4) is 0 Å². The number of amides is 1. The predicted octanol–water partition coefficient (Wildman–Crippen LogP) is 2.35. The number of nitrogens with zero attached hydrogens (tertiary/aromatic N) is 3. The fraction of sp³-hybridized carbons (Fsp3) is 0.588. The Morgan fingerprint density at radius 2 is 2.13 bits per heavy atom. The van der Waals surface area contributed by atoms with E-state index in [-0.39, 0.29) is 18.0 Å². The van der Waals surface area contributed by atoms with Crippen LogP contribution in [0.2, 0.25) is 0 Å². The molecule has 1 saturated carbocycles. The van der Waals surface area contributed by atoms with Crippen LogP contribution in [0.4, 0.5) is 0 Å². The lowest BCUT2D eigenvalue weighted by atomic mass is 9.92. The van der Waals surface area contributed by atoms with Gasteiger partial charge in [0.15, 0.2) is 5.65 Å². The third-order valence-electron chi connectivity index (χ3n) is 4.47. The van der Waals surface area contributed by atoms with Crippen LogP contribution in [0.25, 0.3) is 11.0 Å². The number of nitrogens with one attached hydrogen (secondary N) is 1. The van der Waals surface area contributed by atoms with Crippen molar-refractivity contribution in [2.24, 2.45) is 0 Å². The molecule has 0 aliphatic heterocycles. The summed E-state index contributed by atoms with van der Waals surface area (Å²) in [6.45, 7) is 5.95. The van der Waals surface area contributed by atoms with Crippen LogP contribution >= 0.6 is 0 Å². The topological polar surface area (TPSA) is 80.0 Å². The minimum Gasteiger partial charge on any atom is -0.391 e. The Kier molecular flexibility index (Phi) is 4.35. The number of carbonyl (C=O) groups is 1. The molecule has 1 amide bonds. The molecule has 0 saturated heterocycles. The van der Waals surface area contributed by atoms with Crippen molar-refractivity contribution in [1.29, 1.82) is 0 Å². The van der Waals surface area contributed by atoms with Gasteiger partial charge in [-0.3, -0.25) is 4.79 Å². The Morgan fingerprint density at radius 1 is 1.39 bits per heavy atom. The first kappa shape index (κ1) is 15.9. The number of rotatable bonds is 3. The van der Waals surface area contributed by atoms with Gasteiger partial charge in [0.05, 0.1) is 29.3 Å². The SMILES string of the molecule is Cc1cc(C(=O)N[C@@H]2CCCC[C@H]2O)c2cnn(C(C)C)c2n1. The summed E-state index contributed by atoms with van der Waals surface area (Å²) in [4.78, 5) is 17.2. The molecule has 2 aromatic heterocycles. The molecule has 0 radical (unpaired) electrons. The van der Waals surface area contributed by atoms with Gasteiger partial charge in [0.2, 0.25) is 0 Å². The third-order valence-corrected chi connectivity index (χ3v) is 4.47. The average molecular weight is 316 g/mol. The number of carbonyl (C=O) groups excluding carboxylic acids is 1. The fourth-order valence-electron chi connectivity index (χ4n) is 3.23. The van der Waals surface area contributed by atoms with Crippen molar-refractivity contribution in [3.8, 4) is 0 Å². The third kappa shape index (κ3) is 3.08. The van der Waals surface area contributed by atoms with Crippen molar-refractivity contribution in [1.82, 2.24) is 20.1 Å². The summed E-state index contributed by atoms with van der Waals surface area (Å²) in [7, 11) is 0. The Balaban J connectivity index is 1.94. The van der Waals surface area contributed by atoms with Gasteiger partial charge in [-0.05, 0) is 39.7 Å². The average Bonchev–Trinajstić information content (AvgIpc) is 2.92. The number of aromatic nitrogens is 3. The van der Waals surface area contributed by atoms with Crippen LogP contribution < -0.4 is 5.32 Å². The molecule has 124 valence electrons. The predicted molar refractivity (Wildman–Crippen MR) is 88.4 cm³/mol. The molecule has 0 spiro atoms. The van der Waals surface area contributed by atoms with Gasteiger partial charge < -0.3 is 10.4 Å². The largest absolute Gasteiger partial charge is 0.391 e. The van der Waals surface area contributed by atoms with Gasteiger partial charge >= 0.3 is 0 Å². The number of fused-ring (bicyclic) bond motifs is 1. The van der Waals surface area contributed by atoms with E-state index >= 15 is 0 Å². The molecule has 0 unspecified atom stereocenters. The number of aliphatic hydroxyl groups is 1. The molecule has 0 aromatic carbocycles. The molecule has 2 atom stereocenters. The van der Waals surface area contributed by atoms with Gasteiger partial charge in [-0.1, -0.05) is 12.8 Å². The van der Waals surface area contributed by atoms with Gasteiger partial charge in [-0.2, -0.15) is 5.10 Å². The Morgan fingerprint density at radius 3 is 2.83 bits per heavy atom. The van der Waals surface area contributed by atoms with Gasteiger partial charge in [0, 0.05) is 11.7 Å². The zero-order valence-electron chi connectivity index (χ0n) is 13.9. The quantitative estimate of drug-likeness (QED) is 0.911. The zero-order valence-corrected chi connectivity index (χ0v) is 13.9. The Hall–Kier alpha value is -1.95. The molecule has 6 nitrogen and oxygen atoms in total. The van der Waals surface area contributed by atoms with E-state index in [9.17, 15) is 9.90 Å². The van der Waals surface area contributed by atoms with Gasteiger partial charge in [0.25, 0.3) is 5.91 Å². The van der Waals surface area contributed by atoms with Gasteiger partial charge in [0.1, 0.15) is 0 Å². The van der Waals surface area contributed by atoms with E-state index in [0.29, 0.717) is 5.56 Å². The fourth-order valence-corrected chi connectivity index (χ4v) is 3.23. The van der Waals surface area contributed by atoms with E-state index in [1.165, 1.54) is 0 Å². The van der Waals surface area contributed by atoms with Crippen LogP contribution in [-0.2, 0) is 0 Å². The Labute approximate surface area is 135 Å². The lowest BCUT2D eigenvalue weighted by Crippen LogP contribution is -2.45. The standard InChI is InChI=1S/C17H24N4O2/c1-10(2)21-16-13(9-18-21)12(8-11(3)19-16)17(23)20-14-6-4-5-7-15(14)22/h8-10,14-15,22H,4-7H2,1-3H3,(H,20,23)/t14-,15-/m1/s1. The first-order chi connectivity index (χ1) is 11.0. The Bertz CT molecular complexity index is 723. The van der Waals surface area contributed by atoms with E-state index in [1.54, 1.807) is 12.3 Å².